The highest BCUT2D eigenvalue weighted by molar-refractivity contribution is 6.33. The van der Waals surface area contributed by atoms with Gasteiger partial charge in [0.25, 0.3) is 0 Å². The third kappa shape index (κ3) is 3.73. The lowest BCUT2D eigenvalue weighted by Gasteiger charge is -2.13. The van der Waals surface area contributed by atoms with Crippen molar-refractivity contribution >= 4 is 28.9 Å². The van der Waals surface area contributed by atoms with Crippen LogP contribution in [0.1, 0.15) is 5.56 Å². The second-order valence-corrected chi connectivity index (χ2v) is 4.42. The largest absolute Gasteiger partial charge is 0.416 e. The number of benzene rings is 1. The summed E-state index contributed by atoms with van der Waals surface area (Å²) in [5.74, 6) is 4.22. The van der Waals surface area contributed by atoms with Gasteiger partial charge in [0.05, 0.1) is 16.3 Å². The van der Waals surface area contributed by atoms with E-state index in [4.69, 9.17) is 17.4 Å². The van der Waals surface area contributed by atoms with Crippen LogP contribution < -0.4 is 16.6 Å². The standard InChI is InChI=1S/C12H9ClF4N4/c13-8-5-7(14)1-2-9(8)19-10-3-6(12(15,16)17)4-11(20-10)21-18/h1-5H,18H2,(H2,19,20,21). The summed E-state index contributed by atoms with van der Waals surface area (Å²) in [6.07, 6.45) is -4.56. The number of halogens is 5. The summed E-state index contributed by atoms with van der Waals surface area (Å²) in [5, 5.41) is 2.59. The van der Waals surface area contributed by atoms with Crippen molar-refractivity contribution in [3.63, 3.8) is 0 Å². The van der Waals surface area contributed by atoms with E-state index in [1.54, 1.807) is 0 Å². The van der Waals surface area contributed by atoms with E-state index >= 15 is 0 Å². The van der Waals surface area contributed by atoms with Crippen molar-refractivity contribution in [2.75, 3.05) is 10.7 Å². The van der Waals surface area contributed by atoms with Crippen LogP contribution in [0.4, 0.5) is 34.9 Å². The molecule has 112 valence electrons. The summed E-state index contributed by atoms with van der Waals surface area (Å²) in [6.45, 7) is 0. The summed E-state index contributed by atoms with van der Waals surface area (Å²) in [7, 11) is 0. The summed E-state index contributed by atoms with van der Waals surface area (Å²) >= 11 is 5.79. The van der Waals surface area contributed by atoms with Gasteiger partial charge in [-0.05, 0) is 30.3 Å². The molecule has 21 heavy (non-hydrogen) atoms. The molecule has 0 saturated carbocycles. The molecule has 0 aliphatic rings. The molecule has 0 atom stereocenters. The molecule has 1 aromatic carbocycles. The van der Waals surface area contributed by atoms with E-state index in [0.717, 1.165) is 24.3 Å². The normalized spacial score (nSPS) is 11.3. The number of hydrogen-bond acceptors (Lipinski definition) is 4. The van der Waals surface area contributed by atoms with Gasteiger partial charge in [-0.2, -0.15) is 13.2 Å². The molecule has 2 aromatic rings. The number of nitrogens with two attached hydrogens (primary N) is 1. The summed E-state index contributed by atoms with van der Waals surface area (Å²) in [4.78, 5) is 3.82. The number of hydrogen-bond donors (Lipinski definition) is 3. The fourth-order valence-electron chi connectivity index (χ4n) is 1.56. The van der Waals surface area contributed by atoms with E-state index in [9.17, 15) is 17.6 Å². The van der Waals surface area contributed by atoms with Gasteiger partial charge in [0, 0.05) is 0 Å². The topological polar surface area (TPSA) is 63.0 Å². The third-order valence-corrected chi connectivity index (χ3v) is 2.81. The number of nitrogens with one attached hydrogen (secondary N) is 2. The zero-order chi connectivity index (χ0) is 15.6. The first-order valence-corrected chi connectivity index (χ1v) is 5.95. The number of alkyl halides is 3. The van der Waals surface area contributed by atoms with Crippen molar-refractivity contribution in [1.82, 2.24) is 4.98 Å². The summed E-state index contributed by atoms with van der Waals surface area (Å²) < 4.78 is 51.2. The average Bonchev–Trinajstić information content (AvgIpc) is 2.40. The minimum absolute atomic E-state index is 0.0106. The number of pyridine rings is 1. The molecular formula is C12H9ClF4N4. The Morgan fingerprint density at radius 3 is 2.33 bits per heavy atom. The van der Waals surface area contributed by atoms with Gasteiger partial charge in [0.2, 0.25) is 0 Å². The number of hydrazine groups is 1. The highest BCUT2D eigenvalue weighted by Gasteiger charge is 2.31. The first kappa shape index (κ1) is 15.3. The molecule has 1 aromatic heterocycles. The Morgan fingerprint density at radius 1 is 1.10 bits per heavy atom. The minimum atomic E-state index is -4.56. The second-order valence-electron chi connectivity index (χ2n) is 4.02. The molecule has 0 bridgehead atoms. The van der Waals surface area contributed by atoms with E-state index in [2.05, 4.69) is 10.3 Å². The van der Waals surface area contributed by atoms with Crippen LogP contribution in [0.3, 0.4) is 0 Å². The molecule has 0 aliphatic carbocycles. The average molecular weight is 321 g/mol. The maximum atomic E-state index is 12.9. The highest BCUT2D eigenvalue weighted by atomic mass is 35.5. The van der Waals surface area contributed by atoms with Crippen LogP contribution in [0, 0.1) is 5.82 Å². The van der Waals surface area contributed by atoms with Crippen LogP contribution in [0.25, 0.3) is 0 Å². The quantitative estimate of drug-likeness (QED) is 0.455. The van der Waals surface area contributed by atoms with E-state index < -0.39 is 17.6 Å². The van der Waals surface area contributed by atoms with Crippen LogP contribution >= 0.6 is 11.6 Å². The smallest absolute Gasteiger partial charge is 0.339 e. The molecule has 9 heteroatoms. The van der Waals surface area contributed by atoms with Gasteiger partial charge in [0.15, 0.2) is 0 Å². The third-order valence-electron chi connectivity index (χ3n) is 2.49. The van der Waals surface area contributed by atoms with Gasteiger partial charge in [-0.3, -0.25) is 0 Å². The van der Waals surface area contributed by atoms with Gasteiger partial charge in [-0.1, -0.05) is 11.6 Å². The molecule has 4 N–H and O–H groups in total. The van der Waals surface area contributed by atoms with Crippen LogP contribution in [0.5, 0.6) is 0 Å². The Morgan fingerprint density at radius 2 is 1.76 bits per heavy atom. The number of anilines is 3. The number of nitrogen functional groups attached to an aromatic ring is 1. The van der Waals surface area contributed by atoms with E-state index in [-0.39, 0.29) is 22.3 Å². The van der Waals surface area contributed by atoms with Crippen molar-refractivity contribution in [3.05, 3.63) is 46.7 Å². The van der Waals surface area contributed by atoms with Crippen LogP contribution in [0.15, 0.2) is 30.3 Å². The molecular weight excluding hydrogens is 312 g/mol. The van der Waals surface area contributed by atoms with Crippen molar-refractivity contribution < 1.29 is 17.6 Å². The Balaban J connectivity index is 2.39. The predicted octanol–water partition coefficient (Wildman–Crippen LogP) is 3.92. The summed E-state index contributed by atoms with van der Waals surface area (Å²) in [5.41, 5.74) is 1.32. The van der Waals surface area contributed by atoms with Gasteiger partial charge in [-0.15, -0.1) is 0 Å². The monoisotopic (exact) mass is 320 g/mol. The first-order valence-electron chi connectivity index (χ1n) is 5.57. The van der Waals surface area contributed by atoms with E-state index in [0.29, 0.717) is 0 Å². The van der Waals surface area contributed by atoms with E-state index in [1.807, 2.05) is 5.43 Å². The fourth-order valence-corrected chi connectivity index (χ4v) is 1.78. The van der Waals surface area contributed by atoms with Crippen molar-refractivity contribution in [2.45, 2.75) is 6.18 Å². The predicted molar refractivity (Wildman–Crippen MR) is 71.7 cm³/mol. The molecule has 4 nitrogen and oxygen atoms in total. The molecule has 0 fully saturated rings. The Labute approximate surface area is 121 Å². The summed E-state index contributed by atoms with van der Waals surface area (Å²) in [6, 6.07) is 4.98. The number of aromatic nitrogens is 1. The zero-order valence-electron chi connectivity index (χ0n) is 10.3. The molecule has 1 heterocycles. The lowest BCUT2D eigenvalue weighted by Crippen LogP contribution is -2.13. The highest BCUT2D eigenvalue weighted by Crippen LogP contribution is 2.33. The Kier molecular flexibility index (Phi) is 4.19. The SMILES string of the molecule is NNc1cc(C(F)(F)F)cc(Nc2ccc(F)cc2Cl)n1. The van der Waals surface area contributed by atoms with Crippen LogP contribution in [-0.2, 0) is 6.18 Å². The molecule has 0 saturated heterocycles. The molecule has 0 spiro atoms. The van der Waals surface area contributed by atoms with Crippen molar-refractivity contribution in [2.24, 2.45) is 5.84 Å². The van der Waals surface area contributed by atoms with Gasteiger partial charge in [-0.25, -0.2) is 15.2 Å². The first-order chi connectivity index (χ1) is 9.79. The molecule has 0 aliphatic heterocycles. The maximum Gasteiger partial charge on any atom is 0.416 e. The van der Waals surface area contributed by atoms with Crippen molar-refractivity contribution in [1.29, 1.82) is 0 Å². The van der Waals surface area contributed by atoms with E-state index in [1.165, 1.54) is 6.07 Å². The maximum absolute atomic E-state index is 12.9. The molecule has 0 unspecified atom stereocenters. The molecule has 2 rings (SSSR count). The Bertz CT molecular complexity index is 660. The van der Waals surface area contributed by atoms with Gasteiger partial charge in [0.1, 0.15) is 17.5 Å². The Hall–Kier alpha value is -2.06. The molecule has 0 radical (unpaired) electrons. The van der Waals surface area contributed by atoms with Crippen molar-refractivity contribution in [3.8, 4) is 0 Å². The zero-order valence-corrected chi connectivity index (χ0v) is 11.1. The van der Waals surface area contributed by atoms with Gasteiger partial charge >= 0.3 is 6.18 Å². The second kappa shape index (κ2) is 5.74. The fraction of sp³-hybridized carbons (Fsp3) is 0.0833. The lowest BCUT2D eigenvalue weighted by atomic mass is 10.2. The molecule has 0 amide bonds. The number of rotatable bonds is 3. The van der Waals surface area contributed by atoms with Crippen LogP contribution in [0.2, 0.25) is 5.02 Å². The minimum Gasteiger partial charge on any atom is -0.339 e. The van der Waals surface area contributed by atoms with Crippen LogP contribution in [-0.4, -0.2) is 4.98 Å². The number of nitrogens with zero attached hydrogens (tertiary/aromatic N) is 1. The van der Waals surface area contributed by atoms with Gasteiger partial charge < -0.3 is 10.7 Å². The lowest BCUT2D eigenvalue weighted by molar-refractivity contribution is -0.137.